The van der Waals surface area contributed by atoms with Crippen LogP contribution in [0.2, 0.25) is 0 Å². The lowest BCUT2D eigenvalue weighted by molar-refractivity contribution is -0.164. The van der Waals surface area contributed by atoms with Crippen LogP contribution in [0.15, 0.2) is 30.3 Å². The average molecular weight is 349 g/mol. The van der Waals surface area contributed by atoms with Crippen molar-refractivity contribution in [2.45, 2.75) is 44.8 Å². The van der Waals surface area contributed by atoms with Crippen molar-refractivity contribution >= 4 is 11.9 Å². The number of rotatable bonds is 9. The molecule has 2 rings (SSSR count). The van der Waals surface area contributed by atoms with Gasteiger partial charge in [-0.25, -0.2) is 0 Å². The van der Waals surface area contributed by atoms with E-state index in [1.54, 1.807) is 0 Å². The molecular formula is C19H27NO5. The van der Waals surface area contributed by atoms with Crippen LogP contribution in [0.4, 0.5) is 0 Å². The van der Waals surface area contributed by atoms with Crippen molar-refractivity contribution in [2.75, 3.05) is 19.8 Å². The number of aliphatic carboxylic acids is 1. The number of hydrogen-bond acceptors (Lipinski definition) is 4. The maximum Gasteiger partial charge on any atom is 0.308 e. The van der Waals surface area contributed by atoms with E-state index in [9.17, 15) is 14.7 Å². The third-order valence-corrected chi connectivity index (χ3v) is 4.57. The molecule has 1 aromatic rings. The summed E-state index contributed by atoms with van der Waals surface area (Å²) in [5, 5.41) is 12.0. The second kappa shape index (κ2) is 9.53. The van der Waals surface area contributed by atoms with E-state index in [1.807, 2.05) is 37.3 Å². The Morgan fingerprint density at radius 3 is 2.56 bits per heavy atom. The number of carboxylic acid groups (broad SMARTS) is 1. The summed E-state index contributed by atoms with van der Waals surface area (Å²) >= 11 is 0. The first-order chi connectivity index (χ1) is 12.1. The summed E-state index contributed by atoms with van der Waals surface area (Å²) in [4.78, 5) is 24.1. The largest absolute Gasteiger partial charge is 0.481 e. The molecule has 0 aliphatic carbocycles. The van der Waals surface area contributed by atoms with E-state index in [0.29, 0.717) is 39.1 Å². The highest BCUT2D eigenvalue weighted by Gasteiger charge is 2.41. The quantitative estimate of drug-likeness (QED) is 0.715. The highest BCUT2D eigenvalue weighted by molar-refractivity contribution is 5.85. The summed E-state index contributed by atoms with van der Waals surface area (Å²) in [5.41, 5.74) is 0.0409. The van der Waals surface area contributed by atoms with Crippen LogP contribution in [0.5, 0.6) is 0 Å². The van der Waals surface area contributed by atoms with Crippen LogP contribution >= 0.6 is 0 Å². The van der Waals surface area contributed by atoms with Crippen molar-refractivity contribution in [1.29, 1.82) is 0 Å². The molecule has 0 radical (unpaired) electrons. The Morgan fingerprint density at radius 1 is 1.28 bits per heavy atom. The van der Waals surface area contributed by atoms with Gasteiger partial charge in [0.25, 0.3) is 5.91 Å². The SMILES string of the molecule is CCCC(CNC(=O)C1(OCc2ccccc2)CCOCC1)C(=O)O. The van der Waals surface area contributed by atoms with Gasteiger partial charge in [0, 0.05) is 32.6 Å². The van der Waals surface area contributed by atoms with Crippen LogP contribution in [0, 0.1) is 5.92 Å². The number of carbonyl (C=O) groups is 2. The zero-order chi connectivity index (χ0) is 18.1. The highest BCUT2D eigenvalue weighted by Crippen LogP contribution is 2.27. The molecule has 1 saturated heterocycles. The zero-order valence-corrected chi connectivity index (χ0v) is 14.7. The van der Waals surface area contributed by atoms with Crippen molar-refractivity contribution in [3.05, 3.63) is 35.9 Å². The second-order valence-electron chi connectivity index (χ2n) is 6.41. The minimum Gasteiger partial charge on any atom is -0.481 e. The van der Waals surface area contributed by atoms with E-state index in [0.717, 1.165) is 12.0 Å². The third-order valence-electron chi connectivity index (χ3n) is 4.57. The average Bonchev–Trinajstić information content (AvgIpc) is 2.64. The molecule has 0 saturated carbocycles. The van der Waals surface area contributed by atoms with Gasteiger partial charge >= 0.3 is 5.97 Å². The Balaban J connectivity index is 1.99. The van der Waals surface area contributed by atoms with Crippen LogP contribution in [0.3, 0.4) is 0 Å². The summed E-state index contributed by atoms with van der Waals surface area (Å²) in [5.74, 6) is -1.69. The van der Waals surface area contributed by atoms with Crippen molar-refractivity contribution in [3.63, 3.8) is 0 Å². The molecule has 0 spiro atoms. The fourth-order valence-corrected chi connectivity index (χ4v) is 2.97. The van der Waals surface area contributed by atoms with Gasteiger partial charge < -0.3 is 19.9 Å². The molecule has 1 aromatic carbocycles. The van der Waals surface area contributed by atoms with Crippen molar-refractivity contribution in [1.82, 2.24) is 5.32 Å². The number of nitrogens with one attached hydrogen (secondary N) is 1. The van der Waals surface area contributed by atoms with Gasteiger partial charge in [-0.2, -0.15) is 0 Å². The van der Waals surface area contributed by atoms with Crippen LogP contribution in [-0.2, 0) is 25.7 Å². The third kappa shape index (κ3) is 5.54. The van der Waals surface area contributed by atoms with E-state index in [2.05, 4.69) is 5.32 Å². The second-order valence-corrected chi connectivity index (χ2v) is 6.41. The van der Waals surface area contributed by atoms with Gasteiger partial charge in [0.15, 0.2) is 5.60 Å². The Labute approximate surface area is 148 Å². The van der Waals surface area contributed by atoms with Gasteiger partial charge in [-0.3, -0.25) is 9.59 Å². The first kappa shape index (κ1) is 19.4. The maximum atomic E-state index is 12.8. The van der Waals surface area contributed by atoms with Crippen LogP contribution in [0.25, 0.3) is 0 Å². The van der Waals surface area contributed by atoms with E-state index in [4.69, 9.17) is 9.47 Å². The molecule has 1 heterocycles. The van der Waals surface area contributed by atoms with Gasteiger partial charge in [0.1, 0.15) is 0 Å². The van der Waals surface area contributed by atoms with Gasteiger partial charge in [-0.1, -0.05) is 43.7 Å². The molecule has 0 aromatic heterocycles. The van der Waals surface area contributed by atoms with Crippen LogP contribution in [-0.4, -0.2) is 42.3 Å². The summed E-state index contributed by atoms with van der Waals surface area (Å²) in [7, 11) is 0. The molecule has 1 fully saturated rings. The minimum absolute atomic E-state index is 0.124. The standard InChI is InChI=1S/C19H27NO5/c1-2-6-16(17(21)22)13-20-18(23)19(9-11-24-12-10-19)25-14-15-7-4-3-5-8-15/h3-5,7-8,16H,2,6,9-14H2,1H3,(H,20,23)(H,21,22). The molecule has 25 heavy (non-hydrogen) atoms. The predicted molar refractivity (Wildman–Crippen MR) is 93.1 cm³/mol. The van der Waals surface area contributed by atoms with E-state index >= 15 is 0 Å². The molecule has 0 bridgehead atoms. The number of benzene rings is 1. The molecule has 6 heteroatoms. The normalized spacial score (nSPS) is 17.6. The molecule has 1 aliphatic heterocycles. The van der Waals surface area contributed by atoms with Crippen molar-refractivity contribution < 1.29 is 24.2 Å². The van der Waals surface area contributed by atoms with E-state index in [1.165, 1.54) is 0 Å². The predicted octanol–water partition coefficient (Wildman–Crippen LogP) is 2.37. The highest BCUT2D eigenvalue weighted by atomic mass is 16.5. The lowest BCUT2D eigenvalue weighted by Crippen LogP contribution is -2.53. The number of hydrogen-bond donors (Lipinski definition) is 2. The Kier molecular flexibility index (Phi) is 7.40. The smallest absolute Gasteiger partial charge is 0.308 e. The molecule has 1 amide bonds. The number of carbonyl (C=O) groups excluding carboxylic acids is 1. The van der Waals surface area contributed by atoms with E-state index < -0.39 is 17.5 Å². The Bertz CT molecular complexity index is 554. The summed E-state index contributed by atoms with van der Waals surface area (Å²) in [6.07, 6.45) is 2.24. The molecule has 6 nitrogen and oxygen atoms in total. The molecule has 1 unspecified atom stereocenters. The van der Waals surface area contributed by atoms with Gasteiger partial charge in [0.05, 0.1) is 12.5 Å². The summed E-state index contributed by atoms with van der Waals surface area (Å²) in [6, 6.07) is 9.69. The summed E-state index contributed by atoms with van der Waals surface area (Å²) < 4.78 is 11.4. The lowest BCUT2D eigenvalue weighted by atomic mass is 9.92. The van der Waals surface area contributed by atoms with Gasteiger partial charge in [-0.05, 0) is 12.0 Å². The Hall–Kier alpha value is -1.92. The maximum absolute atomic E-state index is 12.8. The fraction of sp³-hybridized carbons (Fsp3) is 0.579. The molecular weight excluding hydrogens is 322 g/mol. The molecule has 138 valence electrons. The van der Waals surface area contributed by atoms with E-state index in [-0.39, 0.29) is 12.5 Å². The monoisotopic (exact) mass is 349 g/mol. The fourth-order valence-electron chi connectivity index (χ4n) is 2.97. The topological polar surface area (TPSA) is 84.9 Å². The summed E-state index contributed by atoms with van der Waals surface area (Å²) in [6.45, 7) is 3.31. The first-order valence-electron chi connectivity index (χ1n) is 8.84. The number of amides is 1. The number of carboxylic acids is 1. The first-order valence-corrected chi connectivity index (χ1v) is 8.84. The molecule has 2 N–H and O–H groups in total. The molecule has 1 aliphatic rings. The zero-order valence-electron chi connectivity index (χ0n) is 14.7. The number of ether oxygens (including phenoxy) is 2. The van der Waals surface area contributed by atoms with Crippen molar-refractivity contribution in [2.24, 2.45) is 5.92 Å². The van der Waals surface area contributed by atoms with Gasteiger partial charge in [0.2, 0.25) is 0 Å². The van der Waals surface area contributed by atoms with Crippen LogP contribution < -0.4 is 5.32 Å². The molecule has 1 atom stereocenters. The van der Waals surface area contributed by atoms with Gasteiger partial charge in [-0.15, -0.1) is 0 Å². The van der Waals surface area contributed by atoms with Crippen molar-refractivity contribution in [3.8, 4) is 0 Å². The Morgan fingerprint density at radius 2 is 1.96 bits per heavy atom. The lowest BCUT2D eigenvalue weighted by Gasteiger charge is -2.36. The minimum atomic E-state index is -0.955. The van der Waals surface area contributed by atoms with Crippen LogP contribution in [0.1, 0.15) is 38.2 Å².